The molecule has 0 bridgehead atoms. The van der Waals surface area contributed by atoms with Gasteiger partial charge in [0.2, 0.25) is 18.2 Å². The number of benzene rings is 3. The van der Waals surface area contributed by atoms with Crippen molar-refractivity contribution in [1.29, 1.82) is 16.2 Å². The van der Waals surface area contributed by atoms with Crippen molar-refractivity contribution in [3.63, 3.8) is 0 Å². The fourth-order valence-electron chi connectivity index (χ4n) is 1.89. The average molecular weight is 471 g/mol. The first kappa shape index (κ1) is 27.8. The molecule has 9 nitrogen and oxygen atoms in total. The topological polar surface area (TPSA) is 150 Å². The minimum absolute atomic E-state index is 0.614. The Bertz CT molecular complexity index is 914. The summed E-state index contributed by atoms with van der Waals surface area (Å²) >= 11 is 5.59. The largest absolute Gasteiger partial charge is 0.490 e. The number of isocyanates is 3. The van der Waals surface area contributed by atoms with Crippen LogP contribution < -0.4 is 13.6 Å². The van der Waals surface area contributed by atoms with E-state index in [9.17, 15) is 0 Å². The van der Waals surface area contributed by atoms with Crippen LogP contribution in [0.4, 0.5) is 0 Å². The van der Waals surface area contributed by atoms with Gasteiger partial charge in [0.25, 0.3) is 0 Å². The molecular weight excluding hydrogens is 453 g/mol. The zero-order valence-electron chi connectivity index (χ0n) is 16.5. The second-order valence-electron chi connectivity index (χ2n) is 4.97. The summed E-state index contributed by atoms with van der Waals surface area (Å²) < 4.78 is 17.7. The van der Waals surface area contributed by atoms with E-state index in [4.69, 9.17) is 56.0 Å². The number of nitrogens with one attached hydrogen (secondary N) is 3. The van der Waals surface area contributed by atoms with Crippen molar-refractivity contribution in [2.75, 3.05) is 0 Å². The van der Waals surface area contributed by atoms with E-state index in [1.54, 1.807) is 0 Å². The number of hydrogen-bond donors (Lipinski definition) is 3. The lowest BCUT2D eigenvalue weighted by molar-refractivity contribution is 0.384. The second kappa shape index (κ2) is 17.7. The fourth-order valence-corrected chi connectivity index (χ4v) is 3.91. The monoisotopic (exact) mass is 471 g/mol. The molecule has 0 saturated carbocycles. The Morgan fingerprint density at radius 1 is 0.531 bits per heavy atom. The molecule has 0 aliphatic heterocycles. The van der Waals surface area contributed by atoms with Crippen molar-refractivity contribution in [2.24, 2.45) is 0 Å². The molecular formula is C21H18N3O6PS. The maximum atomic E-state index is 8.35. The minimum atomic E-state index is -3.05. The van der Waals surface area contributed by atoms with Gasteiger partial charge in [-0.25, -0.2) is 30.6 Å². The molecule has 0 spiro atoms. The molecule has 0 amide bonds. The van der Waals surface area contributed by atoms with E-state index in [-0.39, 0.29) is 0 Å². The summed E-state index contributed by atoms with van der Waals surface area (Å²) in [7, 11) is 0. The van der Waals surface area contributed by atoms with Gasteiger partial charge in [-0.3, -0.25) is 0 Å². The lowest BCUT2D eigenvalue weighted by atomic mass is 10.3. The van der Waals surface area contributed by atoms with Crippen molar-refractivity contribution in [1.82, 2.24) is 0 Å². The Morgan fingerprint density at radius 3 is 0.906 bits per heavy atom. The summed E-state index contributed by atoms with van der Waals surface area (Å²) in [6.07, 6.45) is 2.25. The van der Waals surface area contributed by atoms with Gasteiger partial charge in [-0.2, -0.15) is 0 Å². The zero-order valence-corrected chi connectivity index (χ0v) is 18.2. The maximum absolute atomic E-state index is 8.35. The zero-order chi connectivity index (χ0) is 24.1. The summed E-state index contributed by atoms with van der Waals surface area (Å²) in [5.41, 5.74) is 0. The third kappa shape index (κ3) is 13.1. The summed E-state index contributed by atoms with van der Waals surface area (Å²) in [6.45, 7) is -3.05. The fraction of sp³-hybridized carbons (Fsp3) is 0. The smallest absolute Gasteiger partial charge is 0.407 e. The third-order valence-corrected chi connectivity index (χ3v) is 4.86. The number of hydrogen-bond acceptors (Lipinski definition) is 10. The van der Waals surface area contributed by atoms with Crippen molar-refractivity contribution >= 4 is 36.8 Å². The van der Waals surface area contributed by atoms with Gasteiger partial charge in [0.15, 0.2) is 0 Å². The van der Waals surface area contributed by atoms with Crippen LogP contribution in [0.1, 0.15) is 0 Å². The molecule has 0 aliphatic rings. The Balaban J connectivity index is 0.000000925. The van der Waals surface area contributed by atoms with E-state index in [1.807, 2.05) is 91.0 Å². The lowest BCUT2D eigenvalue weighted by Gasteiger charge is -2.23. The molecule has 32 heavy (non-hydrogen) atoms. The highest BCUT2D eigenvalue weighted by Crippen LogP contribution is 2.49. The van der Waals surface area contributed by atoms with Crippen LogP contribution in [0.3, 0.4) is 0 Å². The van der Waals surface area contributed by atoms with E-state index in [0.717, 1.165) is 18.2 Å². The first-order valence-corrected chi connectivity index (χ1v) is 11.0. The first-order chi connectivity index (χ1) is 15.5. The van der Waals surface area contributed by atoms with E-state index >= 15 is 0 Å². The molecule has 0 aliphatic carbocycles. The standard InChI is InChI=1S/C18H15O3PS.3CHNO/c23-22(19-16-10-4-1-5-11-16,20-17-12-6-2-7-13-17)21-18-14-8-3-9-15-18;3*2-1-3/h1-15H;3*2H. The number of rotatable bonds is 6. The SMILES string of the molecule is N=C=O.N=C=O.N=C=O.S=P(Oc1ccccc1)(Oc1ccccc1)Oc1ccccc1. The van der Waals surface area contributed by atoms with Crippen LogP contribution in [0.5, 0.6) is 17.2 Å². The quantitative estimate of drug-likeness (QED) is 0.255. The lowest BCUT2D eigenvalue weighted by Crippen LogP contribution is -2.07. The molecule has 11 heteroatoms. The molecule has 164 valence electrons. The molecule has 3 aromatic carbocycles. The van der Waals surface area contributed by atoms with Gasteiger partial charge in [-0.15, -0.1) is 0 Å². The van der Waals surface area contributed by atoms with Crippen LogP contribution in [0.2, 0.25) is 0 Å². The third-order valence-electron chi connectivity index (χ3n) is 2.88. The van der Waals surface area contributed by atoms with Gasteiger partial charge in [0.1, 0.15) is 17.2 Å². The molecule has 0 saturated heterocycles. The van der Waals surface area contributed by atoms with Crippen LogP contribution >= 0.6 is 6.72 Å². The molecule has 0 aromatic heterocycles. The highest BCUT2D eigenvalue weighted by Gasteiger charge is 2.26. The molecule has 3 N–H and O–H groups in total. The Morgan fingerprint density at radius 2 is 0.719 bits per heavy atom. The molecule has 3 aromatic rings. The van der Waals surface area contributed by atoms with Crippen molar-refractivity contribution in [3.05, 3.63) is 91.0 Å². The first-order valence-electron chi connectivity index (χ1n) is 8.44. The average Bonchev–Trinajstić information content (AvgIpc) is 2.77. The highest BCUT2D eigenvalue weighted by molar-refractivity contribution is 8.08. The van der Waals surface area contributed by atoms with Crippen LogP contribution in [-0.2, 0) is 26.2 Å². The molecule has 0 fully saturated rings. The van der Waals surface area contributed by atoms with Crippen molar-refractivity contribution in [2.45, 2.75) is 0 Å². The van der Waals surface area contributed by atoms with Gasteiger partial charge in [-0.1, -0.05) is 54.6 Å². The molecule has 0 atom stereocenters. The van der Waals surface area contributed by atoms with Gasteiger partial charge < -0.3 is 13.6 Å². The maximum Gasteiger partial charge on any atom is 0.490 e. The van der Waals surface area contributed by atoms with Crippen LogP contribution in [-0.4, -0.2) is 18.2 Å². The Hall–Kier alpha value is -4.15. The highest BCUT2D eigenvalue weighted by atomic mass is 32.5. The van der Waals surface area contributed by atoms with E-state index in [0.29, 0.717) is 17.2 Å². The van der Waals surface area contributed by atoms with Gasteiger partial charge in [0, 0.05) is 11.8 Å². The summed E-state index contributed by atoms with van der Waals surface area (Å²) in [5, 5.41) is 16.2. The predicted octanol–water partition coefficient (Wildman–Crippen LogP) is 5.15. The molecule has 0 heterocycles. The van der Waals surface area contributed by atoms with Crippen LogP contribution in [0.25, 0.3) is 0 Å². The van der Waals surface area contributed by atoms with Crippen molar-refractivity contribution < 1.29 is 28.0 Å². The predicted molar refractivity (Wildman–Crippen MR) is 121 cm³/mol. The second-order valence-corrected chi connectivity index (χ2v) is 7.75. The molecule has 3 rings (SSSR count). The van der Waals surface area contributed by atoms with Crippen LogP contribution in [0, 0.1) is 16.2 Å². The van der Waals surface area contributed by atoms with Gasteiger partial charge >= 0.3 is 6.72 Å². The Labute approximate surface area is 189 Å². The van der Waals surface area contributed by atoms with Gasteiger partial charge in [0.05, 0.1) is 0 Å². The molecule has 0 unspecified atom stereocenters. The van der Waals surface area contributed by atoms with Gasteiger partial charge in [-0.05, 0) is 36.4 Å². The van der Waals surface area contributed by atoms with Crippen molar-refractivity contribution in [3.8, 4) is 17.2 Å². The van der Waals surface area contributed by atoms with E-state index in [2.05, 4.69) is 0 Å². The number of carbonyl (C=O) groups excluding carboxylic acids is 3. The normalized spacial score (nSPS) is 8.50. The number of para-hydroxylation sites is 3. The summed E-state index contributed by atoms with van der Waals surface area (Å²) in [5.74, 6) is 1.84. The van der Waals surface area contributed by atoms with E-state index < -0.39 is 6.72 Å². The summed E-state index contributed by atoms with van der Waals surface area (Å²) in [6, 6.07) is 27.9. The minimum Gasteiger partial charge on any atom is -0.407 e. The van der Waals surface area contributed by atoms with Crippen LogP contribution in [0.15, 0.2) is 91.0 Å². The molecule has 0 radical (unpaired) electrons. The summed E-state index contributed by atoms with van der Waals surface area (Å²) in [4.78, 5) is 25.0. The Kier molecular flexibility index (Phi) is 15.4. The van der Waals surface area contributed by atoms with E-state index in [1.165, 1.54) is 0 Å².